The third-order valence-electron chi connectivity index (χ3n) is 10.4. The zero-order valence-corrected chi connectivity index (χ0v) is 29.8. The van der Waals surface area contributed by atoms with Crippen molar-refractivity contribution in [3.05, 3.63) is 83.3 Å². The number of carbonyl (C=O) groups is 1. The summed E-state index contributed by atoms with van der Waals surface area (Å²) >= 11 is 0. The van der Waals surface area contributed by atoms with Crippen LogP contribution in [0, 0.1) is 0 Å². The van der Waals surface area contributed by atoms with Gasteiger partial charge in [0.2, 0.25) is 5.91 Å². The van der Waals surface area contributed by atoms with Crippen LogP contribution < -0.4 is 15.0 Å². The molecule has 7 rings (SSSR count). The van der Waals surface area contributed by atoms with Crippen LogP contribution in [0.25, 0.3) is 5.65 Å². The number of morpholine rings is 1. The van der Waals surface area contributed by atoms with Crippen LogP contribution in [0.2, 0.25) is 0 Å². The van der Waals surface area contributed by atoms with Crippen molar-refractivity contribution >= 4 is 22.9 Å². The molecule has 0 spiro atoms. The molecule has 0 radical (unpaired) electrons. The van der Waals surface area contributed by atoms with E-state index in [4.69, 9.17) is 9.47 Å². The third kappa shape index (κ3) is 7.22. The van der Waals surface area contributed by atoms with Crippen molar-refractivity contribution in [1.29, 1.82) is 0 Å². The molecule has 9 nitrogen and oxygen atoms in total. The lowest BCUT2D eigenvalue weighted by atomic mass is 9.82. The van der Waals surface area contributed by atoms with Crippen LogP contribution in [0.4, 0.5) is 11.4 Å². The average Bonchev–Trinajstić information content (AvgIpc) is 3.65. The molecule has 0 bridgehead atoms. The molecule has 256 valence electrons. The summed E-state index contributed by atoms with van der Waals surface area (Å²) in [4.78, 5) is 16.0. The van der Waals surface area contributed by atoms with Crippen LogP contribution in [0.5, 0.6) is 5.75 Å². The Morgan fingerprint density at radius 3 is 2.44 bits per heavy atom. The molecule has 1 amide bonds. The van der Waals surface area contributed by atoms with Gasteiger partial charge in [-0.25, -0.2) is 0 Å². The van der Waals surface area contributed by atoms with Crippen LogP contribution in [-0.4, -0.2) is 65.3 Å². The fourth-order valence-corrected chi connectivity index (χ4v) is 7.26. The quantitative estimate of drug-likeness (QED) is 0.240. The van der Waals surface area contributed by atoms with E-state index in [-0.39, 0.29) is 23.0 Å². The highest BCUT2D eigenvalue weighted by molar-refractivity contribution is 5.89. The lowest BCUT2D eigenvalue weighted by Crippen LogP contribution is -2.37. The molecule has 4 heterocycles. The standard InChI is InChI=1S/C23H28N4O.C16H24N2O2/c1-16-9-11-20(19-8-5-4-7-18(16)19)28-17-10-12-21-24-25-22(27(21)15-17)23(2)13-6-14-26(23)3;1-12(19)17-14-9-13(16(2,3)4)10-15(11-14)18-5-7-20-8-6-18/h4-5,7-8,10,12,15-16,20H,6,9,11,13-14H2,1-3H3;9-11H,5-8H2,1-4H3,(H,17,19)/t16?,20?,23-;/m0./s1. The fraction of sp³-hybridized carbons (Fsp3) is 0.513. The zero-order valence-electron chi connectivity index (χ0n) is 29.8. The Labute approximate surface area is 285 Å². The largest absolute Gasteiger partial charge is 0.484 e. The second-order valence-electron chi connectivity index (χ2n) is 14.9. The van der Waals surface area contributed by atoms with Crippen molar-refractivity contribution < 1.29 is 14.3 Å². The van der Waals surface area contributed by atoms with Gasteiger partial charge in [-0.1, -0.05) is 52.0 Å². The molecule has 2 unspecified atom stereocenters. The Morgan fingerprint density at radius 2 is 1.75 bits per heavy atom. The molecule has 1 aliphatic carbocycles. The van der Waals surface area contributed by atoms with Gasteiger partial charge in [0, 0.05) is 31.4 Å². The number of hydrogen-bond donors (Lipinski definition) is 1. The first-order valence-electron chi connectivity index (χ1n) is 17.5. The normalized spacial score (nSPS) is 22.9. The average molecular weight is 653 g/mol. The van der Waals surface area contributed by atoms with E-state index in [1.54, 1.807) is 0 Å². The SMILES string of the molecule is CC(=O)Nc1cc(N2CCOCC2)cc(C(C)(C)C)c1.CC1CCC(Oc2ccc3nnc([C@]4(C)CCCN4C)n3c2)c2ccccc21. The molecule has 48 heavy (non-hydrogen) atoms. The highest BCUT2D eigenvalue weighted by atomic mass is 16.5. The first-order valence-corrected chi connectivity index (χ1v) is 17.5. The first kappa shape index (κ1) is 33.9. The van der Waals surface area contributed by atoms with Gasteiger partial charge >= 0.3 is 0 Å². The molecule has 0 saturated carbocycles. The minimum Gasteiger partial charge on any atom is -0.484 e. The number of carbonyl (C=O) groups excluding carboxylic acids is 1. The number of fused-ring (bicyclic) bond motifs is 2. The number of nitrogens with one attached hydrogen (secondary N) is 1. The van der Waals surface area contributed by atoms with Crippen molar-refractivity contribution in [3.8, 4) is 5.75 Å². The fourth-order valence-electron chi connectivity index (χ4n) is 7.26. The molecular weight excluding hydrogens is 600 g/mol. The predicted molar refractivity (Wildman–Crippen MR) is 192 cm³/mol. The number of amides is 1. The summed E-state index contributed by atoms with van der Waals surface area (Å²) in [7, 11) is 2.18. The van der Waals surface area contributed by atoms with E-state index in [2.05, 4.69) is 114 Å². The number of anilines is 2. The predicted octanol–water partition coefficient (Wildman–Crippen LogP) is 7.47. The summed E-state index contributed by atoms with van der Waals surface area (Å²) in [6, 6.07) is 19.1. The molecule has 3 aliphatic rings. The number of ether oxygens (including phenoxy) is 2. The van der Waals surface area contributed by atoms with Gasteiger partial charge in [0.15, 0.2) is 11.5 Å². The minimum atomic E-state index is -0.0785. The Kier molecular flexibility index (Phi) is 9.81. The highest BCUT2D eigenvalue weighted by Crippen LogP contribution is 2.40. The minimum absolute atomic E-state index is 0.0380. The molecule has 2 saturated heterocycles. The number of likely N-dealkylation sites (tertiary alicyclic amines) is 1. The van der Waals surface area contributed by atoms with E-state index >= 15 is 0 Å². The monoisotopic (exact) mass is 652 g/mol. The molecule has 2 aliphatic heterocycles. The van der Waals surface area contributed by atoms with E-state index in [0.29, 0.717) is 5.92 Å². The maximum atomic E-state index is 11.3. The third-order valence-corrected chi connectivity index (χ3v) is 10.4. The van der Waals surface area contributed by atoms with E-state index in [1.165, 1.54) is 30.0 Å². The smallest absolute Gasteiger partial charge is 0.221 e. The van der Waals surface area contributed by atoms with Crippen molar-refractivity contribution in [2.75, 3.05) is 50.1 Å². The lowest BCUT2D eigenvalue weighted by molar-refractivity contribution is -0.114. The van der Waals surface area contributed by atoms with Gasteiger partial charge in [-0.15, -0.1) is 10.2 Å². The molecule has 2 aromatic heterocycles. The van der Waals surface area contributed by atoms with Crippen LogP contribution >= 0.6 is 0 Å². The summed E-state index contributed by atoms with van der Waals surface area (Å²) < 4.78 is 14.0. The highest BCUT2D eigenvalue weighted by Gasteiger charge is 2.39. The Morgan fingerprint density at radius 1 is 1.00 bits per heavy atom. The van der Waals surface area contributed by atoms with Crippen molar-refractivity contribution in [3.63, 3.8) is 0 Å². The lowest BCUT2D eigenvalue weighted by Gasteiger charge is -2.31. The Balaban J connectivity index is 0.000000178. The van der Waals surface area contributed by atoms with Crippen molar-refractivity contribution in [1.82, 2.24) is 19.5 Å². The number of nitrogens with zero attached hydrogens (tertiary/aromatic N) is 5. The second-order valence-corrected chi connectivity index (χ2v) is 14.9. The number of hydrogen-bond acceptors (Lipinski definition) is 7. The van der Waals surface area contributed by atoms with E-state index in [9.17, 15) is 4.79 Å². The molecule has 9 heteroatoms. The number of rotatable bonds is 5. The van der Waals surface area contributed by atoms with Gasteiger partial charge in [-0.3, -0.25) is 14.1 Å². The van der Waals surface area contributed by atoms with Gasteiger partial charge in [0.25, 0.3) is 0 Å². The summed E-state index contributed by atoms with van der Waals surface area (Å²) in [5.41, 5.74) is 6.85. The summed E-state index contributed by atoms with van der Waals surface area (Å²) in [6.07, 6.45) is 6.67. The molecule has 2 fully saturated rings. The summed E-state index contributed by atoms with van der Waals surface area (Å²) in [5, 5.41) is 11.9. The van der Waals surface area contributed by atoms with Gasteiger partial charge in [0.05, 0.1) is 24.9 Å². The van der Waals surface area contributed by atoms with Crippen LogP contribution in [0.15, 0.2) is 60.8 Å². The van der Waals surface area contributed by atoms with Crippen LogP contribution in [0.3, 0.4) is 0 Å². The maximum absolute atomic E-state index is 11.3. The maximum Gasteiger partial charge on any atom is 0.221 e. The van der Waals surface area contributed by atoms with Crippen molar-refractivity contribution in [2.45, 2.75) is 90.2 Å². The second kappa shape index (κ2) is 13.9. The van der Waals surface area contributed by atoms with E-state index < -0.39 is 0 Å². The number of aromatic nitrogens is 3. The summed E-state index contributed by atoms with van der Waals surface area (Å²) in [5.74, 6) is 2.45. The van der Waals surface area contributed by atoms with Crippen molar-refractivity contribution in [2.24, 2.45) is 0 Å². The van der Waals surface area contributed by atoms with Gasteiger partial charge in [-0.2, -0.15) is 0 Å². The van der Waals surface area contributed by atoms with E-state index in [0.717, 1.165) is 80.7 Å². The van der Waals surface area contributed by atoms with Crippen LogP contribution in [-0.2, 0) is 20.5 Å². The van der Waals surface area contributed by atoms with Gasteiger partial charge < -0.3 is 19.7 Å². The molecule has 4 aromatic rings. The summed E-state index contributed by atoms with van der Waals surface area (Å²) in [6.45, 7) is 17.1. The molecule has 2 aromatic carbocycles. The molecule has 1 N–H and O–H groups in total. The first-order chi connectivity index (χ1) is 22.9. The van der Waals surface area contributed by atoms with Gasteiger partial charge in [0.1, 0.15) is 11.9 Å². The Bertz CT molecular complexity index is 1740. The van der Waals surface area contributed by atoms with Gasteiger partial charge in [-0.05, 0) is 105 Å². The number of pyridine rings is 1. The zero-order chi connectivity index (χ0) is 34.1. The Hall–Kier alpha value is -3.95. The molecule has 3 atom stereocenters. The number of benzene rings is 2. The van der Waals surface area contributed by atoms with Crippen LogP contribution in [0.1, 0.15) is 102 Å². The molecular formula is C39H52N6O3. The topological polar surface area (TPSA) is 84.2 Å². The van der Waals surface area contributed by atoms with E-state index in [1.807, 2.05) is 18.2 Å².